The van der Waals surface area contributed by atoms with Gasteiger partial charge in [0.15, 0.2) is 15.8 Å². The van der Waals surface area contributed by atoms with Gasteiger partial charge in [-0.1, -0.05) is 19.9 Å². The third-order valence-corrected chi connectivity index (χ3v) is 5.87. The van der Waals surface area contributed by atoms with E-state index in [0.29, 0.717) is 36.1 Å². The molecule has 0 aliphatic rings. The first-order chi connectivity index (χ1) is 13.2. The summed E-state index contributed by atoms with van der Waals surface area (Å²) in [5, 5.41) is 9.45. The molecule has 2 N–H and O–H groups in total. The Bertz CT molecular complexity index is 924. The summed E-state index contributed by atoms with van der Waals surface area (Å²) in [5.74, 6) is 0.404. The van der Waals surface area contributed by atoms with E-state index < -0.39 is 15.7 Å². The number of aromatic nitrogens is 1. The maximum atomic E-state index is 13.7. The molecule has 0 atom stereocenters. The molecular formula is C19H27FN4O2S2. The van der Waals surface area contributed by atoms with Crippen LogP contribution >= 0.6 is 11.3 Å². The summed E-state index contributed by atoms with van der Waals surface area (Å²) in [6.07, 6.45) is 1.16. The summed E-state index contributed by atoms with van der Waals surface area (Å²) >= 11 is 1.63. The lowest BCUT2D eigenvalue weighted by atomic mass is 10.1. The van der Waals surface area contributed by atoms with Gasteiger partial charge in [0.25, 0.3) is 0 Å². The van der Waals surface area contributed by atoms with E-state index in [2.05, 4.69) is 34.5 Å². The van der Waals surface area contributed by atoms with Crippen molar-refractivity contribution >= 4 is 27.1 Å². The third-order valence-electron chi connectivity index (χ3n) is 3.84. The first kappa shape index (κ1) is 22.3. The van der Waals surface area contributed by atoms with E-state index in [1.54, 1.807) is 11.3 Å². The molecule has 9 heteroatoms. The molecule has 1 aromatic carbocycles. The number of guanidine groups is 1. The maximum Gasteiger partial charge on any atom is 0.191 e. The molecule has 0 aliphatic carbocycles. The fourth-order valence-electron chi connectivity index (χ4n) is 2.51. The number of hydrogen-bond donors (Lipinski definition) is 2. The molecule has 28 heavy (non-hydrogen) atoms. The van der Waals surface area contributed by atoms with Crippen molar-refractivity contribution < 1.29 is 12.8 Å². The lowest BCUT2D eigenvalue weighted by Gasteiger charge is -2.12. The molecule has 0 saturated heterocycles. The Morgan fingerprint density at radius 3 is 2.64 bits per heavy atom. The van der Waals surface area contributed by atoms with Crippen LogP contribution in [-0.4, -0.2) is 32.2 Å². The van der Waals surface area contributed by atoms with Gasteiger partial charge in [0.2, 0.25) is 0 Å². The monoisotopic (exact) mass is 426 g/mol. The quantitative estimate of drug-likeness (QED) is 0.500. The molecule has 0 radical (unpaired) electrons. The summed E-state index contributed by atoms with van der Waals surface area (Å²) in [5.41, 5.74) is 2.05. The minimum Gasteiger partial charge on any atom is -0.357 e. The van der Waals surface area contributed by atoms with Gasteiger partial charge in [-0.15, -0.1) is 11.3 Å². The van der Waals surface area contributed by atoms with Gasteiger partial charge in [0.05, 0.1) is 29.5 Å². The van der Waals surface area contributed by atoms with Gasteiger partial charge >= 0.3 is 0 Å². The number of benzene rings is 1. The van der Waals surface area contributed by atoms with Crippen molar-refractivity contribution in [2.24, 2.45) is 4.99 Å². The van der Waals surface area contributed by atoms with Gasteiger partial charge in [-0.2, -0.15) is 0 Å². The normalized spacial score (nSPS) is 12.4. The molecule has 1 aromatic heterocycles. The number of aliphatic imine (C=N–C) groups is 1. The zero-order chi connectivity index (χ0) is 20.7. The topological polar surface area (TPSA) is 83.5 Å². The van der Waals surface area contributed by atoms with Crippen molar-refractivity contribution in [1.29, 1.82) is 0 Å². The lowest BCUT2D eigenvalue weighted by Crippen LogP contribution is -2.36. The van der Waals surface area contributed by atoms with Gasteiger partial charge in [0.1, 0.15) is 5.82 Å². The highest BCUT2D eigenvalue weighted by atomic mass is 32.2. The van der Waals surface area contributed by atoms with E-state index in [1.807, 2.05) is 12.3 Å². The van der Waals surface area contributed by atoms with Crippen molar-refractivity contribution in [3.8, 4) is 0 Å². The largest absolute Gasteiger partial charge is 0.357 e. The highest BCUT2D eigenvalue weighted by molar-refractivity contribution is 7.89. The predicted octanol–water partition coefficient (Wildman–Crippen LogP) is 3.21. The number of sulfone groups is 1. The van der Waals surface area contributed by atoms with Crippen LogP contribution in [0.15, 0.2) is 28.6 Å². The van der Waals surface area contributed by atoms with Crippen LogP contribution in [0.4, 0.5) is 4.39 Å². The van der Waals surface area contributed by atoms with Crippen molar-refractivity contribution in [2.75, 3.05) is 12.8 Å². The molecule has 0 spiro atoms. The second kappa shape index (κ2) is 9.97. The van der Waals surface area contributed by atoms with E-state index >= 15 is 0 Å². The molecule has 1 heterocycles. The van der Waals surface area contributed by atoms with Gasteiger partial charge in [-0.3, -0.25) is 0 Å². The summed E-state index contributed by atoms with van der Waals surface area (Å²) in [7, 11) is -3.22. The summed E-state index contributed by atoms with van der Waals surface area (Å²) in [6, 6.07) is 4.11. The Kier molecular flexibility index (Phi) is 7.94. The van der Waals surface area contributed by atoms with Gasteiger partial charge in [-0.05, 0) is 30.2 Å². The van der Waals surface area contributed by atoms with Crippen LogP contribution in [0.2, 0.25) is 0 Å². The Balaban J connectivity index is 2.12. The number of halogens is 1. The Morgan fingerprint density at radius 1 is 1.29 bits per heavy atom. The van der Waals surface area contributed by atoms with Gasteiger partial charge < -0.3 is 10.6 Å². The standard InChI is InChI=1S/C19H27FN4O2S2/c1-5-21-19(23-10-17-11-27-18(24-17)13(2)3)22-9-15-8-16(20)7-6-14(15)12-28(4,25)26/h6-8,11,13H,5,9-10,12H2,1-4H3,(H2,21,22,23). The van der Waals surface area contributed by atoms with Gasteiger partial charge in [0, 0.05) is 24.1 Å². The molecule has 0 amide bonds. The molecule has 0 saturated carbocycles. The highest BCUT2D eigenvalue weighted by Gasteiger charge is 2.11. The zero-order valence-electron chi connectivity index (χ0n) is 16.6. The van der Waals surface area contributed by atoms with Crippen LogP contribution in [0.25, 0.3) is 0 Å². The van der Waals surface area contributed by atoms with E-state index in [-0.39, 0.29) is 12.3 Å². The molecule has 2 aromatic rings. The SMILES string of the molecule is CCNC(=NCc1cc(F)ccc1CS(C)(=O)=O)NCc1csc(C(C)C)n1. The van der Waals surface area contributed by atoms with Crippen LogP contribution in [-0.2, 0) is 28.7 Å². The molecule has 2 rings (SSSR count). The van der Waals surface area contributed by atoms with Crippen LogP contribution < -0.4 is 10.6 Å². The Hall–Kier alpha value is -2.00. The van der Waals surface area contributed by atoms with E-state index in [9.17, 15) is 12.8 Å². The van der Waals surface area contributed by atoms with Gasteiger partial charge in [-0.25, -0.2) is 22.8 Å². The molecular weight excluding hydrogens is 399 g/mol. The van der Waals surface area contributed by atoms with Crippen molar-refractivity contribution in [3.05, 3.63) is 51.2 Å². The zero-order valence-corrected chi connectivity index (χ0v) is 18.3. The number of rotatable bonds is 8. The maximum absolute atomic E-state index is 13.7. The molecule has 0 fully saturated rings. The van der Waals surface area contributed by atoms with Crippen molar-refractivity contribution in [3.63, 3.8) is 0 Å². The fourth-order valence-corrected chi connectivity index (χ4v) is 4.20. The molecule has 6 nitrogen and oxygen atoms in total. The molecule has 0 aliphatic heterocycles. The first-order valence-corrected chi connectivity index (χ1v) is 12.0. The predicted molar refractivity (Wildman–Crippen MR) is 113 cm³/mol. The minimum atomic E-state index is -3.22. The Labute approximate surface area is 170 Å². The summed E-state index contributed by atoms with van der Waals surface area (Å²) < 4.78 is 36.9. The van der Waals surface area contributed by atoms with E-state index in [1.165, 1.54) is 18.2 Å². The molecule has 0 unspecified atom stereocenters. The Morgan fingerprint density at radius 2 is 2.04 bits per heavy atom. The van der Waals surface area contributed by atoms with Crippen molar-refractivity contribution in [1.82, 2.24) is 15.6 Å². The fraction of sp³-hybridized carbons (Fsp3) is 0.474. The van der Waals surface area contributed by atoms with E-state index in [0.717, 1.165) is 17.0 Å². The third kappa shape index (κ3) is 7.20. The number of nitrogens with zero attached hydrogens (tertiary/aromatic N) is 2. The second-order valence-corrected chi connectivity index (χ2v) is 9.89. The highest BCUT2D eigenvalue weighted by Crippen LogP contribution is 2.19. The molecule has 154 valence electrons. The summed E-state index contributed by atoms with van der Waals surface area (Å²) in [6.45, 7) is 7.53. The van der Waals surface area contributed by atoms with E-state index in [4.69, 9.17) is 0 Å². The van der Waals surface area contributed by atoms with Crippen LogP contribution in [0, 0.1) is 5.82 Å². The smallest absolute Gasteiger partial charge is 0.191 e. The number of hydrogen-bond acceptors (Lipinski definition) is 5. The summed E-state index contributed by atoms with van der Waals surface area (Å²) in [4.78, 5) is 9.06. The number of nitrogens with one attached hydrogen (secondary N) is 2. The lowest BCUT2D eigenvalue weighted by molar-refractivity contribution is 0.600. The number of thiazole rings is 1. The van der Waals surface area contributed by atoms with Crippen LogP contribution in [0.5, 0.6) is 0 Å². The van der Waals surface area contributed by atoms with Crippen molar-refractivity contribution in [2.45, 2.75) is 45.5 Å². The average molecular weight is 427 g/mol. The average Bonchev–Trinajstić information content (AvgIpc) is 3.07. The van der Waals surface area contributed by atoms with Crippen LogP contribution in [0.1, 0.15) is 48.5 Å². The van der Waals surface area contributed by atoms with Crippen LogP contribution in [0.3, 0.4) is 0 Å². The minimum absolute atomic E-state index is 0.140. The second-order valence-electron chi connectivity index (χ2n) is 6.86. The molecule has 0 bridgehead atoms. The first-order valence-electron chi connectivity index (χ1n) is 9.09.